The second-order valence-corrected chi connectivity index (χ2v) is 4.52. The van der Waals surface area contributed by atoms with Gasteiger partial charge in [-0.3, -0.25) is 4.79 Å². The highest BCUT2D eigenvalue weighted by atomic mass is 32.1. The number of halogens is 3. The summed E-state index contributed by atoms with van der Waals surface area (Å²) in [6, 6.07) is 5.53. The van der Waals surface area contributed by atoms with Crippen LogP contribution in [0.5, 0.6) is 5.75 Å². The Kier molecular flexibility index (Phi) is 5.08. The maximum absolute atomic E-state index is 10.9. The first-order valence-electron chi connectivity index (χ1n) is 5.20. The van der Waals surface area contributed by atoms with Gasteiger partial charge in [0, 0.05) is 0 Å². The Morgan fingerprint density at radius 2 is 1.95 bits per heavy atom. The van der Waals surface area contributed by atoms with Crippen LogP contribution in [0.3, 0.4) is 0 Å². The summed E-state index contributed by atoms with van der Waals surface area (Å²) < 4.78 is 37.7. The van der Waals surface area contributed by atoms with E-state index in [9.17, 15) is 18.0 Å². The Labute approximate surface area is 120 Å². The maximum atomic E-state index is 10.9. The molecule has 0 fully saturated rings. The molecule has 114 valence electrons. The fourth-order valence-corrected chi connectivity index (χ4v) is 2.03. The molecule has 2 aromatic rings. The molecule has 0 saturated carbocycles. The number of carboxylic acids is 1. The SMILES string of the molecule is COc1cccc2sc(C(N)=O)nc12.O=C(O)C(F)(F)F. The highest BCUT2D eigenvalue weighted by Crippen LogP contribution is 2.29. The number of methoxy groups -OCH3 is 1. The smallest absolute Gasteiger partial charge is 0.490 e. The van der Waals surface area contributed by atoms with Crippen LogP contribution in [0.1, 0.15) is 9.80 Å². The van der Waals surface area contributed by atoms with Gasteiger partial charge in [0.2, 0.25) is 0 Å². The largest absolute Gasteiger partial charge is 0.494 e. The number of benzene rings is 1. The number of hydrogen-bond acceptors (Lipinski definition) is 5. The summed E-state index contributed by atoms with van der Waals surface area (Å²) in [5.74, 6) is -2.60. The second kappa shape index (κ2) is 6.39. The summed E-state index contributed by atoms with van der Waals surface area (Å²) >= 11 is 1.27. The van der Waals surface area contributed by atoms with Crippen LogP contribution in [0.4, 0.5) is 13.2 Å². The summed E-state index contributed by atoms with van der Waals surface area (Å²) in [7, 11) is 1.57. The van der Waals surface area contributed by atoms with E-state index in [0.717, 1.165) is 4.70 Å². The van der Waals surface area contributed by atoms with Crippen molar-refractivity contribution in [2.45, 2.75) is 6.18 Å². The van der Waals surface area contributed by atoms with Gasteiger partial charge in [-0.1, -0.05) is 6.07 Å². The molecule has 0 radical (unpaired) electrons. The van der Waals surface area contributed by atoms with Gasteiger partial charge in [0.15, 0.2) is 5.01 Å². The first kappa shape index (κ1) is 16.7. The van der Waals surface area contributed by atoms with Crippen LogP contribution >= 0.6 is 11.3 Å². The summed E-state index contributed by atoms with van der Waals surface area (Å²) in [5, 5.41) is 7.43. The van der Waals surface area contributed by atoms with Gasteiger partial charge in [-0.2, -0.15) is 13.2 Å². The predicted molar refractivity (Wildman–Crippen MR) is 68.4 cm³/mol. The summed E-state index contributed by atoms with van der Waals surface area (Å²) in [4.78, 5) is 23.9. The van der Waals surface area contributed by atoms with Crippen molar-refractivity contribution in [3.05, 3.63) is 23.2 Å². The molecule has 10 heteroatoms. The predicted octanol–water partition coefficient (Wildman–Crippen LogP) is 2.04. The summed E-state index contributed by atoms with van der Waals surface area (Å²) in [6.07, 6.45) is -5.08. The van der Waals surface area contributed by atoms with Crippen molar-refractivity contribution in [2.24, 2.45) is 5.73 Å². The minimum atomic E-state index is -5.08. The molecule has 1 amide bonds. The average molecular weight is 322 g/mol. The van der Waals surface area contributed by atoms with Crippen LogP contribution in [0.25, 0.3) is 10.2 Å². The van der Waals surface area contributed by atoms with Gasteiger partial charge in [-0.15, -0.1) is 11.3 Å². The lowest BCUT2D eigenvalue weighted by atomic mass is 10.3. The molecular formula is C11H9F3N2O4S. The van der Waals surface area contributed by atoms with Crippen LogP contribution in [-0.2, 0) is 4.79 Å². The Balaban J connectivity index is 0.000000270. The Hall–Kier alpha value is -2.36. The van der Waals surface area contributed by atoms with Crippen molar-refractivity contribution >= 4 is 33.4 Å². The number of fused-ring (bicyclic) bond motifs is 1. The second-order valence-electron chi connectivity index (χ2n) is 3.49. The first-order valence-corrected chi connectivity index (χ1v) is 6.02. The Morgan fingerprint density at radius 3 is 2.38 bits per heavy atom. The number of hydrogen-bond donors (Lipinski definition) is 2. The number of para-hydroxylation sites is 1. The minimum absolute atomic E-state index is 0.310. The molecule has 1 aromatic carbocycles. The van der Waals surface area contributed by atoms with Gasteiger partial charge < -0.3 is 15.6 Å². The van der Waals surface area contributed by atoms with E-state index < -0.39 is 18.1 Å². The van der Waals surface area contributed by atoms with Crippen molar-refractivity contribution in [1.82, 2.24) is 4.98 Å². The van der Waals surface area contributed by atoms with E-state index in [1.165, 1.54) is 11.3 Å². The summed E-state index contributed by atoms with van der Waals surface area (Å²) in [5.41, 5.74) is 5.83. The van der Waals surface area contributed by atoms with Crippen molar-refractivity contribution in [3.63, 3.8) is 0 Å². The Bertz CT molecular complexity index is 669. The van der Waals surface area contributed by atoms with E-state index in [0.29, 0.717) is 16.3 Å². The number of ether oxygens (including phenoxy) is 1. The fraction of sp³-hybridized carbons (Fsp3) is 0.182. The van der Waals surface area contributed by atoms with E-state index in [2.05, 4.69) is 4.98 Å². The molecule has 0 spiro atoms. The number of aromatic nitrogens is 1. The van der Waals surface area contributed by atoms with E-state index in [-0.39, 0.29) is 0 Å². The lowest BCUT2D eigenvalue weighted by Gasteiger charge is -1.97. The molecule has 0 aliphatic heterocycles. The van der Waals surface area contributed by atoms with E-state index in [1.807, 2.05) is 12.1 Å². The molecule has 0 aliphatic carbocycles. The first-order chi connectivity index (χ1) is 9.66. The third kappa shape index (κ3) is 4.31. The number of alkyl halides is 3. The topological polar surface area (TPSA) is 103 Å². The highest BCUT2D eigenvalue weighted by molar-refractivity contribution is 7.20. The molecule has 6 nitrogen and oxygen atoms in total. The lowest BCUT2D eigenvalue weighted by Crippen LogP contribution is -2.21. The number of aliphatic carboxylic acids is 1. The Morgan fingerprint density at radius 1 is 1.38 bits per heavy atom. The zero-order chi connectivity index (χ0) is 16.2. The van der Waals surface area contributed by atoms with Crippen LogP contribution in [0.2, 0.25) is 0 Å². The minimum Gasteiger partial charge on any atom is -0.494 e. The van der Waals surface area contributed by atoms with Crippen molar-refractivity contribution in [3.8, 4) is 5.75 Å². The van der Waals surface area contributed by atoms with Crippen molar-refractivity contribution < 1.29 is 32.6 Å². The number of amides is 1. The molecule has 0 atom stereocenters. The molecule has 2 rings (SSSR count). The van der Waals surface area contributed by atoms with Gasteiger partial charge in [0.05, 0.1) is 11.8 Å². The maximum Gasteiger partial charge on any atom is 0.490 e. The van der Waals surface area contributed by atoms with Gasteiger partial charge in [-0.25, -0.2) is 9.78 Å². The normalized spacial score (nSPS) is 10.7. The zero-order valence-corrected chi connectivity index (χ0v) is 11.3. The van der Waals surface area contributed by atoms with E-state index in [4.69, 9.17) is 20.4 Å². The molecule has 3 N–H and O–H groups in total. The van der Waals surface area contributed by atoms with Crippen LogP contribution in [-0.4, -0.2) is 35.3 Å². The van der Waals surface area contributed by atoms with E-state index in [1.54, 1.807) is 13.2 Å². The molecule has 1 aromatic heterocycles. The van der Waals surface area contributed by atoms with Gasteiger partial charge in [-0.05, 0) is 12.1 Å². The highest BCUT2D eigenvalue weighted by Gasteiger charge is 2.38. The molecule has 0 saturated heterocycles. The monoisotopic (exact) mass is 322 g/mol. The number of thiazole rings is 1. The summed E-state index contributed by atoms with van der Waals surface area (Å²) in [6.45, 7) is 0. The molecule has 0 unspecified atom stereocenters. The number of primary amides is 1. The average Bonchev–Trinajstić information content (AvgIpc) is 2.82. The van der Waals surface area contributed by atoms with Crippen LogP contribution < -0.4 is 10.5 Å². The lowest BCUT2D eigenvalue weighted by molar-refractivity contribution is -0.192. The standard InChI is InChI=1S/C9H8N2O2S.C2HF3O2/c1-13-5-3-2-4-6-7(5)11-9(14-6)8(10)12;3-2(4,5)1(6)7/h2-4H,1H3,(H2,10,12);(H,6,7). The van der Waals surface area contributed by atoms with Crippen LogP contribution in [0.15, 0.2) is 18.2 Å². The number of carboxylic acid groups (broad SMARTS) is 1. The molecular weight excluding hydrogens is 313 g/mol. The van der Waals surface area contributed by atoms with Gasteiger partial charge in [0.1, 0.15) is 11.3 Å². The number of carbonyl (C=O) groups excluding carboxylic acids is 1. The fourth-order valence-electron chi connectivity index (χ4n) is 1.19. The number of nitrogens with zero attached hydrogens (tertiary/aromatic N) is 1. The van der Waals surface area contributed by atoms with Gasteiger partial charge >= 0.3 is 12.1 Å². The number of carbonyl (C=O) groups is 2. The number of nitrogens with two attached hydrogens (primary N) is 1. The zero-order valence-electron chi connectivity index (χ0n) is 10.5. The molecule has 21 heavy (non-hydrogen) atoms. The molecule has 0 aliphatic rings. The van der Waals surface area contributed by atoms with Gasteiger partial charge in [0.25, 0.3) is 5.91 Å². The molecule has 1 heterocycles. The molecule has 0 bridgehead atoms. The van der Waals surface area contributed by atoms with E-state index >= 15 is 0 Å². The van der Waals surface area contributed by atoms with Crippen molar-refractivity contribution in [1.29, 1.82) is 0 Å². The third-order valence-electron chi connectivity index (χ3n) is 2.06. The quantitative estimate of drug-likeness (QED) is 0.881. The van der Waals surface area contributed by atoms with Crippen molar-refractivity contribution in [2.75, 3.05) is 7.11 Å². The number of rotatable bonds is 2. The third-order valence-corrected chi connectivity index (χ3v) is 3.09. The van der Waals surface area contributed by atoms with Crippen LogP contribution in [0, 0.1) is 0 Å².